The molecule has 0 radical (unpaired) electrons. The Kier molecular flexibility index (Phi) is 5.38. The van der Waals surface area contributed by atoms with Crippen LogP contribution < -0.4 is 9.64 Å². The van der Waals surface area contributed by atoms with Crippen molar-refractivity contribution in [1.82, 2.24) is 4.98 Å². The summed E-state index contributed by atoms with van der Waals surface area (Å²) in [5.74, 6) is 0.656. The number of aryl methyl sites for hydroxylation is 1. The summed E-state index contributed by atoms with van der Waals surface area (Å²) in [5, 5.41) is 1.49. The van der Waals surface area contributed by atoms with Crippen LogP contribution in [-0.4, -0.2) is 37.3 Å². The first-order valence-corrected chi connectivity index (χ1v) is 11.4. The zero-order chi connectivity index (χ0) is 21.4. The van der Waals surface area contributed by atoms with Crippen LogP contribution in [0.25, 0.3) is 21.2 Å². The van der Waals surface area contributed by atoms with E-state index in [1.165, 1.54) is 16.9 Å². The number of thiazole rings is 1. The Bertz CT molecular complexity index is 1240. The van der Waals surface area contributed by atoms with E-state index in [1.54, 1.807) is 18.1 Å². The molecule has 0 bridgehead atoms. The number of benzene rings is 2. The number of nitrogens with zero attached hydrogens (tertiary/aromatic N) is 2. The number of carbonyl (C=O) groups excluding carboxylic acids is 1. The molecule has 0 aliphatic carbocycles. The topological polar surface area (TPSA) is 64.8 Å². The minimum atomic E-state index is -0.219. The summed E-state index contributed by atoms with van der Waals surface area (Å²) in [6.45, 7) is 3.31. The molecule has 1 amide bonds. The molecular weight excluding hydrogens is 412 g/mol. The van der Waals surface area contributed by atoms with Gasteiger partial charge in [0.1, 0.15) is 0 Å². The van der Waals surface area contributed by atoms with E-state index in [2.05, 4.69) is 19.1 Å². The Morgan fingerprint density at radius 1 is 1.29 bits per heavy atom. The van der Waals surface area contributed by atoms with Gasteiger partial charge in [-0.15, -0.1) is 0 Å². The number of rotatable bonds is 6. The Morgan fingerprint density at radius 3 is 2.97 bits per heavy atom. The van der Waals surface area contributed by atoms with Gasteiger partial charge in [0.15, 0.2) is 22.2 Å². The Labute approximate surface area is 184 Å². The molecule has 6 nitrogen and oxygen atoms in total. The van der Waals surface area contributed by atoms with Crippen LogP contribution in [0.4, 0.5) is 5.13 Å². The summed E-state index contributed by atoms with van der Waals surface area (Å²) in [5.41, 5.74) is 2.72. The summed E-state index contributed by atoms with van der Waals surface area (Å²) in [4.78, 5) is 20.1. The number of fused-ring (bicyclic) bond motifs is 2. The third-order valence-corrected chi connectivity index (χ3v) is 6.72. The van der Waals surface area contributed by atoms with E-state index in [0.29, 0.717) is 23.0 Å². The van der Waals surface area contributed by atoms with Gasteiger partial charge in [-0.05, 0) is 49.1 Å². The van der Waals surface area contributed by atoms with Gasteiger partial charge < -0.3 is 13.9 Å². The molecule has 3 heterocycles. The van der Waals surface area contributed by atoms with Gasteiger partial charge in [0.2, 0.25) is 0 Å². The van der Waals surface area contributed by atoms with Crippen LogP contribution in [0.3, 0.4) is 0 Å². The van der Waals surface area contributed by atoms with Crippen molar-refractivity contribution in [2.24, 2.45) is 0 Å². The van der Waals surface area contributed by atoms with Crippen molar-refractivity contribution in [3.63, 3.8) is 0 Å². The number of aromatic nitrogens is 1. The first-order valence-electron chi connectivity index (χ1n) is 10.6. The fourth-order valence-corrected chi connectivity index (χ4v) is 5.00. The molecule has 1 atom stereocenters. The predicted molar refractivity (Wildman–Crippen MR) is 122 cm³/mol. The van der Waals surface area contributed by atoms with E-state index in [1.807, 2.05) is 24.3 Å². The molecule has 0 N–H and O–H groups in total. The van der Waals surface area contributed by atoms with E-state index < -0.39 is 0 Å². The lowest BCUT2D eigenvalue weighted by molar-refractivity contribution is 0.0896. The Balaban J connectivity index is 1.55. The van der Waals surface area contributed by atoms with Crippen LogP contribution in [0.1, 0.15) is 35.9 Å². The quantitative estimate of drug-likeness (QED) is 0.403. The molecule has 0 saturated carbocycles. The second kappa shape index (κ2) is 8.32. The maximum atomic E-state index is 13.6. The van der Waals surface area contributed by atoms with Gasteiger partial charge in [-0.3, -0.25) is 9.69 Å². The van der Waals surface area contributed by atoms with Crippen molar-refractivity contribution < 1.29 is 18.7 Å². The minimum Gasteiger partial charge on any atom is -0.493 e. The monoisotopic (exact) mass is 436 g/mol. The first-order chi connectivity index (χ1) is 15.2. The number of amides is 1. The highest BCUT2D eigenvalue weighted by atomic mass is 32.1. The molecule has 1 aliphatic rings. The van der Waals surface area contributed by atoms with E-state index in [-0.39, 0.29) is 17.8 Å². The summed E-state index contributed by atoms with van der Waals surface area (Å²) in [7, 11) is 1.59. The SMILES string of the molecule is CCc1ccc2nc(N(CC3CCCO3)C(=O)c3cc4cccc(OC)c4o3)sc2c1. The zero-order valence-electron chi connectivity index (χ0n) is 17.6. The summed E-state index contributed by atoms with van der Waals surface area (Å²) < 4.78 is 18.2. The summed E-state index contributed by atoms with van der Waals surface area (Å²) in [6.07, 6.45) is 2.90. The third kappa shape index (κ3) is 3.79. The number of methoxy groups -OCH3 is 1. The van der Waals surface area contributed by atoms with Gasteiger partial charge in [-0.1, -0.05) is 36.5 Å². The van der Waals surface area contributed by atoms with Crippen LogP contribution in [0.5, 0.6) is 5.75 Å². The van der Waals surface area contributed by atoms with Gasteiger partial charge in [0.25, 0.3) is 5.91 Å². The number of furan rings is 1. The number of carbonyl (C=O) groups is 1. The van der Waals surface area contributed by atoms with Gasteiger partial charge >= 0.3 is 0 Å². The van der Waals surface area contributed by atoms with Crippen LogP contribution in [0, 0.1) is 0 Å². The maximum Gasteiger partial charge on any atom is 0.295 e. The molecule has 4 aromatic rings. The molecule has 1 unspecified atom stereocenters. The standard InChI is InChI=1S/C24H24N2O4S/c1-3-15-9-10-18-21(12-15)31-24(25-18)26(14-17-7-5-11-29-17)23(27)20-13-16-6-4-8-19(28-2)22(16)30-20/h4,6,8-10,12-13,17H,3,5,7,11,14H2,1-2H3. The molecule has 1 fully saturated rings. The summed E-state index contributed by atoms with van der Waals surface area (Å²) >= 11 is 1.53. The Morgan fingerprint density at radius 2 is 2.19 bits per heavy atom. The fraction of sp³-hybridized carbons (Fsp3) is 0.333. The second-order valence-electron chi connectivity index (χ2n) is 7.69. The van der Waals surface area contributed by atoms with Crippen LogP contribution in [-0.2, 0) is 11.2 Å². The molecule has 5 rings (SSSR count). The van der Waals surface area contributed by atoms with Gasteiger partial charge in [-0.25, -0.2) is 4.98 Å². The highest BCUT2D eigenvalue weighted by molar-refractivity contribution is 7.22. The number of para-hydroxylation sites is 1. The highest BCUT2D eigenvalue weighted by Gasteiger charge is 2.29. The molecule has 7 heteroatoms. The minimum absolute atomic E-state index is 0.001000. The Hall–Kier alpha value is -2.90. The average molecular weight is 437 g/mol. The summed E-state index contributed by atoms with van der Waals surface area (Å²) in [6, 6.07) is 13.6. The van der Waals surface area contributed by atoms with Gasteiger partial charge in [0, 0.05) is 12.0 Å². The molecule has 1 aliphatic heterocycles. The second-order valence-corrected chi connectivity index (χ2v) is 8.70. The van der Waals surface area contributed by atoms with Crippen LogP contribution in [0.2, 0.25) is 0 Å². The third-order valence-electron chi connectivity index (χ3n) is 5.67. The number of ether oxygens (including phenoxy) is 2. The fourth-order valence-electron chi connectivity index (χ4n) is 3.97. The van der Waals surface area contributed by atoms with Crippen molar-refractivity contribution in [2.45, 2.75) is 32.3 Å². The molecule has 2 aromatic heterocycles. The molecule has 0 spiro atoms. The van der Waals surface area contributed by atoms with Gasteiger partial charge in [-0.2, -0.15) is 0 Å². The van der Waals surface area contributed by atoms with Crippen molar-refractivity contribution in [3.8, 4) is 5.75 Å². The maximum absolute atomic E-state index is 13.6. The highest BCUT2D eigenvalue weighted by Crippen LogP contribution is 2.34. The van der Waals surface area contributed by atoms with Crippen molar-refractivity contribution >= 4 is 43.6 Å². The van der Waals surface area contributed by atoms with E-state index in [4.69, 9.17) is 18.9 Å². The molecule has 160 valence electrons. The van der Waals surface area contributed by atoms with E-state index >= 15 is 0 Å². The lowest BCUT2D eigenvalue weighted by Crippen LogP contribution is -2.37. The average Bonchev–Trinajstić information content (AvgIpc) is 3.54. The lowest BCUT2D eigenvalue weighted by atomic mass is 10.2. The van der Waals surface area contributed by atoms with Crippen LogP contribution >= 0.6 is 11.3 Å². The van der Waals surface area contributed by atoms with E-state index in [9.17, 15) is 4.79 Å². The number of hydrogen-bond acceptors (Lipinski definition) is 6. The number of hydrogen-bond donors (Lipinski definition) is 0. The lowest BCUT2D eigenvalue weighted by Gasteiger charge is -2.22. The molecule has 31 heavy (non-hydrogen) atoms. The normalized spacial score (nSPS) is 16.3. The zero-order valence-corrected chi connectivity index (χ0v) is 18.4. The van der Waals surface area contributed by atoms with Crippen molar-refractivity contribution in [2.75, 3.05) is 25.2 Å². The largest absolute Gasteiger partial charge is 0.493 e. The van der Waals surface area contributed by atoms with Crippen molar-refractivity contribution in [1.29, 1.82) is 0 Å². The smallest absolute Gasteiger partial charge is 0.295 e. The van der Waals surface area contributed by atoms with E-state index in [0.717, 1.165) is 41.5 Å². The molecular formula is C24H24N2O4S. The molecule has 2 aromatic carbocycles. The van der Waals surface area contributed by atoms with Gasteiger partial charge in [0.05, 0.1) is 30.0 Å². The number of anilines is 1. The molecule has 1 saturated heterocycles. The van der Waals surface area contributed by atoms with Crippen LogP contribution in [0.15, 0.2) is 46.9 Å². The predicted octanol–water partition coefficient (Wildman–Crippen LogP) is 5.44. The van der Waals surface area contributed by atoms with Crippen molar-refractivity contribution in [3.05, 3.63) is 53.8 Å². The first kappa shape index (κ1) is 20.0.